The number of carbonyl (C=O) groups is 2. The minimum absolute atomic E-state index is 0.324. The first-order valence-electron chi connectivity index (χ1n) is 14.3. The summed E-state index contributed by atoms with van der Waals surface area (Å²) in [6.07, 6.45) is 3.97. The Morgan fingerprint density at radius 1 is 0.738 bits per heavy atom. The zero-order chi connectivity index (χ0) is 28.8. The van der Waals surface area contributed by atoms with Crippen LogP contribution in [0.4, 0.5) is 0 Å². The van der Waals surface area contributed by atoms with Gasteiger partial charge in [0.2, 0.25) is 0 Å². The number of fused-ring (bicyclic) bond motifs is 3. The van der Waals surface area contributed by atoms with E-state index in [-0.39, 0.29) is 0 Å². The summed E-state index contributed by atoms with van der Waals surface area (Å²) in [4.78, 5) is 29.2. The molecule has 7 heteroatoms. The number of amides is 2. The maximum Gasteiger partial charge on any atom is 0.261 e. The highest BCUT2D eigenvalue weighted by Gasteiger charge is 2.36. The molecule has 3 heterocycles. The van der Waals surface area contributed by atoms with Gasteiger partial charge in [-0.15, -0.1) is 0 Å². The molecule has 208 valence electrons. The van der Waals surface area contributed by atoms with E-state index in [9.17, 15) is 9.59 Å². The summed E-state index contributed by atoms with van der Waals surface area (Å²) in [5, 5.41) is 11.6. The third-order valence-corrected chi connectivity index (χ3v) is 8.04. The zero-order valence-corrected chi connectivity index (χ0v) is 23.7. The van der Waals surface area contributed by atoms with Crippen molar-refractivity contribution < 1.29 is 9.59 Å². The molecule has 0 spiro atoms. The van der Waals surface area contributed by atoms with Crippen molar-refractivity contribution in [1.82, 2.24) is 24.6 Å². The highest BCUT2D eigenvalue weighted by atomic mass is 16.2. The molecular weight excluding hydrogens is 522 g/mol. The molecule has 0 saturated heterocycles. The molecule has 7 nitrogen and oxygen atoms in total. The fourth-order valence-electron chi connectivity index (χ4n) is 6.03. The molecule has 0 aliphatic carbocycles. The van der Waals surface area contributed by atoms with Gasteiger partial charge in [0.05, 0.1) is 22.2 Å². The van der Waals surface area contributed by atoms with E-state index in [1.165, 1.54) is 0 Å². The van der Waals surface area contributed by atoms with E-state index in [0.29, 0.717) is 22.4 Å². The summed E-state index contributed by atoms with van der Waals surface area (Å²) >= 11 is 0. The van der Waals surface area contributed by atoms with E-state index in [2.05, 4.69) is 59.2 Å². The van der Waals surface area contributed by atoms with Gasteiger partial charge in [0.15, 0.2) is 0 Å². The second-order valence-corrected chi connectivity index (χ2v) is 11.1. The molecule has 1 N–H and O–H groups in total. The lowest BCUT2D eigenvalue weighted by Gasteiger charge is -2.09. The quantitative estimate of drug-likeness (QED) is 0.184. The van der Waals surface area contributed by atoms with Crippen LogP contribution < -0.4 is 5.32 Å². The molecule has 0 saturated carbocycles. The Labute approximate surface area is 243 Å². The van der Waals surface area contributed by atoms with Crippen LogP contribution in [-0.2, 0) is 16.1 Å². The maximum atomic E-state index is 13.5. The fourth-order valence-corrected chi connectivity index (χ4v) is 6.03. The van der Waals surface area contributed by atoms with Crippen LogP contribution in [0.5, 0.6) is 0 Å². The van der Waals surface area contributed by atoms with Crippen molar-refractivity contribution in [3.05, 3.63) is 108 Å². The van der Waals surface area contributed by atoms with E-state index in [1.807, 2.05) is 71.5 Å². The first-order valence-corrected chi connectivity index (χ1v) is 14.3. The molecule has 4 aromatic carbocycles. The number of rotatable bonds is 8. The van der Waals surface area contributed by atoms with Crippen LogP contribution in [0.1, 0.15) is 24.1 Å². The van der Waals surface area contributed by atoms with E-state index in [1.54, 1.807) is 0 Å². The molecular formula is C35H31N5O2. The average Bonchev–Trinajstić information content (AvgIpc) is 3.65. The number of nitrogens with one attached hydrogen (secondary N) is 1. The maximum absolute atomic E-state index is 13.5. The second kappa shape index (κ2) is 10.4. The Hall–Kier alpha value is -5.01. The number of carbonyl (C=O) groups excluding carboxylic acids is 2. The largest absolute Gasteiger partial charge is 0.316 e. The van der Waals surface area contributed by atoms with Gasteiger partial charge < -0.3 is 9.47 Å². The standard InChI is InChI=1S/C35H31N5O2/c1-38(2)19-9-10-20-40-30-16-8-6-14-27(30)33(37-40)32-31(34(41)36-35(32)42)28-22-39(29-15-7-5-13-26(28)29)25-18-17-23-11-3-4-12-24(23)21-25/h3-8,11-18,21-22H,9-10,19-20H2,1-2H3,(H,36,41,42). The summed E-state index contributed by atoms with van der Waals surface area (Å²) in [5.41, 5.74) is 4.83. The van der Waals surface area contributed by atoms with E-state index < -0.39 is 11.8 Å². The Bertz CT molecular complexity index is 2050. The lowest BCUT2D eigenvalue weighted by Crippen LogP contribution is -2.22. The van der Waals surface area contributed by atoms with Crippen LogP contribution in [-0.4, -0.2) is 51.7 Å². The Balaban J connectivity index is 1.40. The van der Waals surface area contributed by atoms with Crippen molar-refractivity contribution in [1.29, 1.82) is 0 Å². The molecule has 0 radical (unpaired) electrons. The highest BCUT2D eigenvalue weighted by Crippen LogP contribution is 2.39. The van der Waals surface area contributed by atoms with E-state index >= 15 is 0 Å². The predicted molar refractivity (Wildman–Crippen MR) is 168 cm³/mol. The van der Waals surface area contributed by atoms with Crippen molar-refractivity contribution >= 4 is 55.5 Å². The van der Waals surface area contributed by atoms with Gasteiger partial charge in [0.25, 0.3) is 11.8 Å². The SMILES string of the molecule is CN(C)CCCCn1nc(C2=C(c3cn(-c4ccc5ccccc5c4)c4ccccc34)C(=O)NC2=O)c2ccccc21. The zero-order valence-electron chi connectivity index (χ0n) is 23.7. The minimum Gasteiger partial charge on any atom is -0.316 e. The van der Waals surface area contributed by atoms with E-state index in [0.717, 1.165) is 64.2 Å². The molecule has 7 rings (SSSR count). The second-order valence-electron chi connectivity index (χ2n) is 11.1. The van der Waals surface area contributed by atoms with Gasteiger partial charge >= 0.3 is 0 Å². The third-order valence-electron chi connectivity index (χ3n) is 8.04. The summed E-state index contributed by atoms with van der Waals surface area (Å²) < 4.78 is 4.07. The summed E-state index contributed by atoms with van der Waals surface area (Å²) in [6.45, 7) is 1.73. The number of hydrogen-bond donors (Lipinski definition) is 1. The van der Waals surface area contributed by atoms with Crippen LogP contribution in [0, 0.1) is 0 Å². The number of unbranched alkanes of at least 4 members (excludes halogenated alkanes) is 1. The Morgan fingerprint density at radius 2 is 1.43 bits per heavy atom. The van der Waals surface area contributed by atoms with Gasteiger partial charge in [-0.3, -0.25) is 19.6 Å². The van der Waals surface area contributed by atoms with Crippen LogP contribution in [0.15, 0.2) is 97.2 Å². The Kier molecular flexibility index (Phi) is 6.44. The molecule has 0 bridgehead atoms. The van der Waals surface area contributed by atoms with Gasteiger partial charge in [0.1, 0.15) is 5.69 Å². The summed E-state index contributed by atoms with van der Waals surface area (Å²) in [7, 11) is 4.14. The first-order chi connectivity index (χ1) is 20.5. The molecule has 0 fully saturated rings. The number of para-hydroxylation sites is 2. The topological polar surface area (TPSA) is 72.2 Å². The smallest absolute Gasteiger partial charge is 0.261 e. The molecule has 0 unspecified atom stereocenters. The van der Waals surface area contributed by atoms with Crippen LogP contribution in [0.3, 0.4) is 0 Å². The monoisotopic (exact) mass is 553 g/mol. The fraction of sp³-hybridized carbons (Fsp3) is 0.171. The van der Waals surface area contributed by atoms with Crippen molar-refractivity contribution in [2.45, 2.75) is 19.4 Å². The highest BCUT2D eigenvalue weighted by molar-refractivity contribution is 6.50. The lowest BCUT2D eigenvalue weighted by molar-refractivity contribution is -0.122. The van der Waals surface area contributed by atoms with Gasteiger partial charge in [-0.05, 0) is 68.5 Å². The lowest BCUT2D eigenvalue weighted by atomic mass is 9.97. The van der Waals surface area contributed by atoms with Gasteiger partial charge in [-0.25, -0.2) is 0 Å². The van der Waals surface area contributed by atoms with Crippen molar-refractivity contribution in [2.75, 3.05) is 20.6 Å². The Morgan fingerprint density at radius 3 is 2.24 bits per heavy atom. The molecule has 1 aliphatic rings. The van der Waals surface area contributed by atoms with Crippen molar-refractivity contribution in [2.24, 2.45) is 0 Å². The first kappa shape index (κ1) is 25.9. The number of hydrogen-bond acceptors (Lipinski definition) is 4. The van der Waals surface area contributed by atoms with Crippen LogP contribution >= 0.6 is 0 Å². The number of imide groups is 1. The van der Waals surface area contributed by atoms with Gasteiger partial charge in [-0.1, -0.05) is 66.7 Å². The molecule has 2 amide bonds. The minimum atomic E-state index is -0.416. The number of nitrogens with zero attached hydrogens (tertiary/aromatic N) is 4. The molecule has 2 aromatic heterocycles. The summed E-state index contributed by atoms with van der Waals surface area (Å²) in [6, 6.07) is 30.5. The average molecular weight is 554 g/mol. The normalized spacial score (nSPS) is 13.8. The van der Waals surface area contributed by atoms with Crippen molar-refractivity contribution in [3.63, 3.8) is 0 Å². The van der Waals surface area contributed by atoms with Crippen molar-refractivity contribution in [3.8, 4) is 5.69 Å². The molecule has 42 heavy (non-hydrogen) atoms. The van der Waals surface area contributed by atoms with E-state index in [4.69, 9.17) is 5.10 Å². The predicted octanol–water partition coefficient (Wildman–Crippen LogP) is 6.04. The number of aryl methyl sites for hydroxylation is 1. The van der Waals surface area contributed by atoms with Crippen LogP contribution in [0.25, 0.3) is 49.4 Å². The summed E-state index contributed by atoms with van der Waals surface area (Å²) in [5.74, 6) is -0.818. The van der Waals surface area contributed by atoms with Crippen LogP contribution in [0.2, 0.25) is 0 Å². The molecule has 1 aliphatic heterocycles. The number of aromatic nitrogens is 3. The molecule has 0 atom stereocenters. The number of benzene rings is 4. The van der Waals surface area contributed by atoms with Gasteiger partial charge in [0, 0.05) is 34.8 Å². The molecule has 6 aromatic rings. The van der Waals surface area contributed by atoms with Gasteiger partial charge in [-0.2, -0.15) is 5.10 Å². The third kappa shape index (κ3) is 4.39.